The van der Waals surface area contributed by atoms with Crippen LogP contribution < -0.4 is 19.9 Å². The Kier molecular flexibility index (Phi) is 18.9. The van der Waals surface area contributed by atoms with Crippen molar-refractivity contribution in [3.05, 3.63) is 69.1 Å². The first-order valence-corrected chi connectivity index (χ1v) is 18.6. The summed E-state index contributed by atoms with van der Waals surface area (Å²) in [6, 6.07) is 6.84. The zero-order valence-corrected chi connectivity index (χ0v) is 33.4. The third-order valence-electron chi connectivity index (χ3n) is 8.61. The highest BCUT2D eigenvalue weighted by molar-refractivity contribution is 6.32. The summed E-state index contributed by atoms with van der Waals surface area (Å²) in [4.78, 5) is 91.5. The van der Waals surface area contributed by atoms with Crippen LogP contribution in [0, 0.1) is 10.1 Å². The van der Waals surface area contributed by atoms with Crippen molar-refractivity contribution in [3.63, 3.8) is 0 Å². The number of amides is 1. The Labute approximate surface area is 347 Å². The Morgan fingerprint density at radius 3 is 2.28 bits per heavy atom. The smallest absolute Gasteiger partial charge is 0.495 e. The molecule has 24 heteroatoms. The Morgan fingerprint density at radius 2 is 1.68 bits per heavy atom. The van der Waals surface area contributed by atoms with Gasteiger partial charge in [0.2, 0.25) is 11.9 Å². The number of carboxylic acid groups (broad SMARTS) is 3. The van der Waals surface area contributed by atoms with Crippen LogP contribution in [0.1, 0.15) is 67.3 Å². The van der Waals surface area contributed by atoms with Gasteiger partial charge in [-0.3, -0.25) is 19.3 Å². The molecule has 60 heavy (non-hydrogen) atoms. The molecule has 23 nitrogen and oxygen atoms in total. The van der Waals surface area contributed by atoms with Gasteiger partial charge in [-0.05, 0) is 55.9 Å². The number of ether oxygens (including phenoxy) is 3. The van der Waals surface area contributed by atoms with E-state index in [1.54, 1.807) is 37.6 Å². The van der Waals surface area contributed by atoms with Crippen molar-refractivity contribution in [2.45, 2.75) is 69.6 Å². The van der Waals surface area contributed by atoms with Crippen LogP contribution in [-0.4, -0.2) is 128 Å². The van der Waals surface area contributed by atoms with Gasteiger partial charge in [-0.15, -0.1) is 10.1 Å². The second kappa shape index (κ2) is 23.7. The molecule has 0 saturated carbocycles. The van der Waals surface area contributed by atoms with Gasteiger partial charge >= 0.3 is 24.1 Å². The lowest BCUT2D eigenvalue weighted by Crippen LogP contribution is -2.42. The number of carboxylic acids is 3. The van der Waals surface area contributed by atoms with E-state index in [1.165, 1.54) is 18.2 Å². The summed E-state index contributed by atoms with van der Waals surface area (Å²) in [6.45, 7) is 1.23. The average Bonchev–Trinajstić information content (AvgIpc) is 3.68. The van der Waals surface area contributed by atoms with Crippen molar-refractivity contribution < 1.29 is 68.5 Å². The number of nitrogens with zero attached hydrogens (tertiary/aromatic N) is 7. The van der Waals surface area contributed by atoms with Gasteiger partial charge < -0.3 is 49.7 Å². The Morgan fingerprint density at radius 1 is 1.02 bits per heavy atom. The quantitative estimate of drug-likeness (QED) is 0.0418. The summed E-state index contributed by atoms with van der Waals surface area (Å²) in [5.74, 6) is -3.99. The molecule has 4 rings (SSSR count). The van der Waals surface area contributed by atoms with Crippen LogP contribution in [0.5, 0.6) is 5.75 Å². The highest BCUT2D eigenvalue weighted by atomic mass is 35.5. The Hall–Kier alpha value is -6.62. The summed E-state index contributed by atoms with van der Waals surface area (Å²) in [5, 5.41) is 46.9. The fourth-order valence-electron chi connectivity index (χ4n) is 5.59. The number of anilines is 3. The summed E-state index contributed by atoms with van der Waals surface area (Å²) < 4.78 is 15.8. The third-order valence-corrected chi connectivity index (χ3v) is 8.90. The van der Waals surface area contributed by atoms with E-state index in [0.717, 1.165) is 24.8 Å². The van der Waals surface area contributed by atoms with Crippen LogP contribution in [0.25, 0.3) is 0 Å². The number of hydrogen-bond acceptors (Lipinski definition) is 18. The summed E-state index contributed by atoms with van der Waals surface area (Å²) in [7, 11) is 3.11. The Bertz CT molecular complexity index is 1930. The summed E-state index contributed by atoms with van der Waals surface area (Å²) in [5.41, 5.74) is -1.69. The second-order valence-electron chi connectivity index (χ2n) is 13.0. The summed E-state index contributed by atoms with van der Waals surface area (Å²) in [6.07, 6.45) is 5.66. The van der Waals surface area contributed by atoms with E-state index in [2.05, 4.69) is 25.1 Å². The van der Waals surface area contributed by atoms with E-state index in [1.807, 2.05) is 11.0 Å². The third kappa shape index (κ3) is 15.3. The number of carbonyl (C=O) groups excluding carboxylic acids is 2. The molecular weight excluding hydrogens is 820 g/mol. The molecule has 1 atom stereocenters. The number of hydrogen-bond donors (Lipinski definition) is 5. The zero-order chi connectivity index (χ0) is 44.2. The van der Waals surface area contributed by atoms with Gasteiger partial charge in [-0.2, -0.15) is 4.98 Å². The van der Waals surface area contributed by atoms with Crippen LogP contribution in [0.4, 0.5) is 22.5 Å². The van der Waals surface area contributed by atoms with Crippen LogP contribution in [0.15, 0.2) is 42.9 Å². The molecule has 1 saturated heterocycles. The van der Waals surface area contributed by atoms with Crippen molar-refractivity contribution in [2.24, 2.45) is 0 Å². The van der Waals surface area contributed by atoms with E-state index in [0.29, 0.717) is 54.9 Å². The molecule has 0 bridgehead atoms. The minimum Gasteiger partial charge on any atom is -0.495 e. The average molecular weight is 865 g/mol. The van der Waals surface area contributed by atoms with Crippen LogP contribution in [-0.2, 0) is 35.2 Å². The van der Waals surface area contributed by atoms with E-state index in [-0.39, 0.29) is 37.4 Å². The molecule has 3 aromatic rings. The molecular formula is C36H45ClN8O15. The number of nitrogens with one attached hydrogen (secondary N) is 1. The first-order chi connectivity index (χ1) is 28.5. The predicted octanol–water partition coefficient (Wildman–Crippen LogP) is 3.46. The lowest BCUT2D eigenvalue weighted by molar-refractivity contribution is -0.757. The molecule has 1 aromatic carbocycles. The molecule has 5 N–H and O–H groups in total. The molecule has 326 valence electrons. The maximum Gasteiger partial charge on any atom is 0.508 e. The summed E-state index contributed by atoms with van der Waals surface area (Å²) >= 11 is 6.32. The number of unbranched alkanes of at least 4 members (excludes halogenated alkanes) is 3. The topological polar surface area (TPSA) is 316 Å². The van der Waals surface area contributed by atoms with Gasteiger partial charge in [-0.1, -0.05) is 24.1 Å². The minimum atomic E-state index is -2.74. The zero-order valence-electron chi connectivity index (χ0n) is 32.6. The number of rotatable bonds is 22. The van der Waals surface area contributed by atoms with Crippen LogP contribution >= 0.6 is 11.6 Å². The monoisotopic (exact) mass is 864 g/mol. The first kappa shape index (κ1) is 47.8. The standard InChI is InChI=1S/C30H37ClN8O8.C6H8O7/c1-37(28-32-12-8-13-33-28)27(40)23-19-35-29(36-26(23)34-18-21-10-11-25(44-2)24(31)17-21)38-14-7-9-22(38)20-46-30(41)45-15-5-3-4-6-16-47-39(42)43;7-3(8)1-6(13,5(11)12)2-4(9)10/h8,10-13,17,19,22H,3-7,9,14-16,18,20H2,1-2H3,(H,34,35,36);13H,1-2H2,(H,7,8)(H,9,10)(H,11,12). The van der Waals surface area contributed by atoms with Crippen LogP contribution in [0.3, 0.4) is 0 Å². The van der Waals surface area contributed by atoms with Gasteiger partial charge in [-0.25, -0.2) is 24.5 Å². The van der Waals surface area contributed by atoms with Crippen LogP contribution in [0.2, 0.25) is 5.02 Å². The van der Waals surface area contributed by atoms with Gasteiger partial charge in [0, 0.05) is 38.7 Å². The molecule has 0 spiro atoms. The molecule has 2 aromatic heterocycles. The SMILES string of the molecule is COc1ccc(CNc2nc(N3CCCC3COC(=O)OCCCCCCO[N+](=O)[O-])ncc2C(=O)N(C)c2ncccn2)cc1Cl.O=C(O)CC(O)(CC(=O)O)C(=O)O. The molecule has 3 heterocycles. The number of aliphatic carboxylic acids is 3. The normalized spacial score (nSPS) is 13.3. The molecule has 1 fully saturated rings. The van der Waals surface area contributed by atoms with Crippen molar-refractivity contribution in [1.29, 1.82) is 0 Å². The highest BCUT2D eigenvalue weighted by Gasteiger charge is 2.41. The molecule has 0 radical (unpaired) electrons. The van der Waals surface area contributed by atoms with Crippen molar-refractivity contribution in [2.75, 3.05) is 55.6 Å². The Balaban J connectivity index is 0.000000636. The van der Waals surface area contributed by atoms with Crippen molar-refractivity contribution >= 4 is 59.3 Å². The van der Waals surface area contributed by atoms with Gasteiger partial charge in [0.25, 0.3) is 11.0 Å². The number of carbonyl (C=O) groups is 5. The van der Waals surface area contributed by atoms with Gasteiger partial charge in [0.1, 0.15) is 23.7 Å². The van der Waals surface area contributed by atoms with E-state index >= 15 is 0 Å². The first-order valence-electron chi connectivity index (χ1n) is 18.3. The van der Waals surface area contributed by atoms with Gasteiger partial charge in [0.15, 0.2) is 5.60 Å². The lowest BCUT2D eigenvalue weighted by atomic mass is 9.96. The minimum absolute atomic E-state index is 0.0470. The fraction of sp³-hybridized carbons (Fsp3) is 0.472. The number of aliphatic hydroxyl groups is 1. The number of benzene rings is 1. The number of methoxy groups -OCH3 is 1. The lowest BCUT2D eigenvalue weighted by Gasteiger charge is -2.25. The fourth-order valence-corrected chi connectivity index (χ4v) is 5.87. The van der Waals surface area contributed by atoms with Gasteiger partial charge in [0.05, 0.1) is 44.2 Å². The van der Waals surface area contributed by atoms with Crippen molar-refractivity contribution in [1.82, 2.24) is 19.9 Å². The largest absolute Gasteiger partial charge is 0.508 e. The van der Waals surface area contributed by atoms with E-state index < -0.39 is 53.5 Å². The maximum atomic E-state index is 13.6. The highest BCUT2D eigenvalue weighted by Crippen LogP contribution is 2.28. The van der Waals surface area contributed by atoms with Crippen molar-refractivity contribution in [3.8, 4) is 5.75 Å². The molecule has 1 aliphatic rings. The maximum absolute atomic E-state index is 13.6. The predicted molar refractivity (Wildman–Crippen MR) is 208 cm³/mol. The number of aromatic nitrogens is 4. The second-order valence-corrected chi connectivity index (χ2v) is 13.4. The molecule has 1 unspecified atom stereocenters. The molecule has 1 aliphatic heterocycles. The van der Waals surface area contributed by atoms with E-state index in [4.69, 9.17) is 51.2 Å². The number of halogens is 1. The molecule has 1 amide bonds. The van der Waals surface area contributed by atoms with E-state index in [9.17, 15) is 34.1 Å². The molecule has 0 aliphatic carbocycles.